The van der Waals surface area contributed by atoms with Crippen molar-refractivity contribution in [1.82, 2.24) is 4.68 Å². The molecule has 0 bridgehead atoms. The second kappa shape index (κ2) is 7.82. The summed E-state index contributed by atoms with van der Waals surface area (Å²) in [5.74, 6) is 0. The molecule has 8 heteroatoms. The highest BCUT2D eigenvalue weighted by Crippen LogP contribution is 2.23. The summed E-state index contributed by atoms with van der Waals surface area (Å²) in [5, 5.41) is 19.3. The monoisotopic (exact) mass is 370 g/mol. The van der Waals surface area contributed by atoms with Gasteiger partial charge in [0.25, 0.3) is 5.69 Å². The Labute approximate surface area is 151 Å². The van der Waals surface area contributed by atoms with Gasteiger partial charge < -0.3 is 0 Å². The molecule has 6 nitrogen and oxygen atoms in total. The summed E-state index contributed by atoms with van der Waals surface area (Å²) in [5.41, 5.74) is 1.73. The predicted octanol–water partition coefficient (Wildman–Crippen LogP) is 4.16. The summed E-state index contributed by atoms with van der Waals surface area (Å²) < 4.78 is 1.75. The van der Waals surface area contributed by atoms with Gasteiger partial charge in [-0.15, -0.1) is 29.3 Å². The number of hydrogen-bond donors (Lipinski definition) is 0. The van der Waals surface area contributed by atoms with Crippen LogP contribution in [-0.2, 0) is 0 Å². The highest BCUT2D eigenvalue weighted by atomic mass is 32.1. The summed E-state index contributed by atoms with van der Waals surface area (Å²) in [6.45, 7) is 4.18. The van der Waals surface area contributed by atoms with Crippen LogP contribution in [-0.4, -0.2) is 22.4 Å². The van der Waals surface area contributed by atoms with Crippen LogP contribution >= 0.6 is 22.7 Å². The highest BCUT2D eigenvalue weighted by Gasteiger charge is 2.10. The third kappa shape index (κ3) is 3.98. The molecule has 0 aliphatic heterocycles. The van der Waals surface area contributed by atoms with Crippen LogP contribution < -0.4 is 4.80 Å². The van der Waals surface area contributed by atoms with Gasteiger partial charge >= 0.3 is 0 Å². The summed E-state index contributed by atoms with van der Waals surface area (Å²) in [7, 11) is 0. The maximum absolute atomic E-state index is 10.8. The fourth-order valence-electron chi connectivity index (χ4n) is 2.09. The van der Waals surface area contributed by atoms with E-state index in [0.29, 0.717) is 6.54 Å². The number of aromatic nitrogens is 1. The van der Waals surface area contributed by atoms with Gasteiger partial charge in [-0.1, -0.05) is 12.1 Å². The first-order chi connectivity index (χ1) is 12.2. The Morgan fingerprint density at radius 3 is 2.68 bits per heavy atom. The predicted molar refractivity (Wildman–Crippen MR) is 102 cm³/mol. The normalized spacial score (nSPS) is 11.9. The van der Waals surface area contributed by atoms with Crippen molar-refractivity contribution >= 4 is 34.6 Å². The number of thiophene rings is 1. The minimum atomic E-state index is -0.411. The Bertz CT molecular complexity index is 967. The smallest absolute Gasteiger partial charge is 0.258 e. The van der Waals surface area contributed by atoms with Crippen molar-refractivity contribution in [2.24, 2.45) is 10.1 Å². The fourth-order valence-corrected chi connectivity index (χ4v) is 3.52. The molecule has 0 fully saturated rings. The Morgan fingerprint density at radius 2 is 2.04 bits per heavy atom. The van der Waals surface area contributed by atoms with Crippen molar-refractivity contribution in [1.29, 1.82) is 0 Å². The topological polar surface area (TPSA) is 72.8 Å². The Kier molecular flexibility index (Phi) is 5.32. The van der Waals surface area contributed by atoms with Crippen molar-refractivity contribution in [3.63, 3.8) is 0 Å². The third-order valence-electron chi connectivity index (χ3n) is 3.26. The van der Waals surface area contributed by atoms with Crippen LogP contribution in [0.25, 0.3) is 11.3 Å². The second-order valence-electron chi connectivity index (χ2n) is 4.91. The average Bonchev–Trinajstić information content (AvgIpc) is 3.27. The van der Waals surface area contributed by atoms with Gasteiger partial charge in [0.1, 0.15) is 0 Å². The molecule has 0 amide bonds. The lowest BCUT2D eigenvalue weighted by molar-refractivity contribution is -0.384. The second-order valence-corrected chi connectivity index (χ2v) is 6.72. The lowest BCUT2D eigenvalue weighted by Crippen LogP contribution is -2.12. The van der Waals surface area contributed by atoms with Crippen molar-refractivity contribution in [3.05, 3.63) is 79.6 Å². The van der Waals surface area contributed by atoms with E-state index in [9.17, 15) is 10.1 Å². The van der Waals surface area contributed by atoms with Crippen LogP contribution in [0.1, 0.15) is 4.88 Å². The van der Waals surface area contributed by atoms with Crippen molar-refractivity contribution in [3.8, 4) is 11.3 Å². The number of non-ortho nitro benzene ring substituents is 1. The molecule has 0 saturated heterocycles. The van der Waals surface area contributed by atoms with Gasteiger partial charge in [0.2, 0.25) is 4.80 Å². The molecular formula is C17H14N4O2S2. The zero-order valence-electron chi connectivity index (χ0n) is 13.1. The van der Waals surface area contributed by atoms with E-state index >= 15 is 0 Å². The maximum atomic E-state index is 10.8. The van der Waals surface area contributed by atoms with E-state index in [2.05, 4.69) is 16.7 Å². The molecule has 0 unspecified atom stereocenters. The van der Waals surface area contributed by atoms with Crippen LogP contribution in [0.2, 0.25) is 0 Å². The molecular weight excluding hydrogens is 356 g/mol. The number of benzene rings is 1. The zero-order valence-corrected chi connectivity index (χ0v) is 14.7. The highest BCUT2D eigenvalue weighted by molar-refractivity contribution is 7.11. The fraction of sp³-hybridized carbons (Fsp3) is 0.0588. The first-order valence-electron chi connectivity index (χ1n) is 7.33. The van der Waals surface area contributed by atoms with E-state index in [0.717, 1.165) is 20.9 Å². The van der Waals surface area contributed by atoms with Crippen LogP contribution in [0, 0.1) is 10.1 Å². The van der Waals surface area contributed by atoms with Crippen LogP contribution in [0.15, 0.2) is 69.9 Å². The van der Waals surface area contributed by atoms with E-state index in [4.69, 9.17) is 0 Å². The molecule has 2 aromatic heterocycles. The summed E-state index contributed by atoms with van der Waals surface area (Å²) in [6, 6.07) is 10.3. The van der Waals surface area contributed by atoms with Crippen molar-refractivity contribution in [2.75, 3.05) is 6.54 Å². The number of nitrogens with zero attached hydrogens (tertiary/aromatic N) is 4. The molecule has 0 saturated carbocycles. The Hall–Kier alpha value is -2.84. The van der Waals surface area contributed by atoms with E-state index in [-0.39, 0.29) is 5.69 Å². The summed E-state index contributed by atoms with van der Waals surface area (Å²) in [4.78, 5) is 16.6. The lowest BCUT2D eigenvalue weighted by atomic mass is 10.1. The van der Waals surface area contributed by atoms with E-state index in [1.54, 1.807) is 40.4 Å². The number of nitro groups is 1. The van der Waals surface area contributed by atoms with E-state index in [1.807, 2.05) is 22.9 Å². The SMILES string of the molecule is C=CCN=c1scc(-c2ccc([N+](=O)[O-])cc2)n1N=Cc1cccs1. The van der Waals surface area contributed by atoms with Crippen LogP contribution in [0.3, 0.4) is 0 Å². The molecule has 3 rings (SSSR count). The molecule has 0 aliphatic carbocycles. The molecule has 1 aromatic carbocycles. The minimum absolute atomic E-state index is 0.0594. The first-order valence-corrected chi connectivity index (χ1v) is 9.09. The molecule has 0 radical (unpaired) electrons. The van der Waals surface area contributed by atoms with Gasteiger partial charge in [0.15, 0.2) is 0 Å². The zero-order chi connectivity index (χ0) is 17.6. The number of thiazole rings is 1. The molecule has 25 heavy (non-hydrogen) atoms. The molecule has 0 spiro atoms. The third-order valence-corrected chi connectivity index (χ3v) is 4.92. The standard InChI is InChI=1S/C17H14N4O2S2/c1-2-9-18-17-20(19-11-15-4-3-10-24-15)16(12-25-17)13-5-7-14(8-6-13)21(22)23/h2-8,10-12H,1,9H2. The molecule has 2 heterocycles. The van der Waals surface area contributed by atoms with Crippen molar-refractivity contribution < 1.29 is 4.92 Å². The van der Waals surface area contributed by atoms with Gasteiger partial charge in [-0.25, -0.2) is 4.68 Å². The number of hydrogen-bond acceptors (Lipinski definition) is 6. The van der Waals surface area contributed by atoms with Crippen LogP contribution in [0.4, 0.5) is 5.69 Å². The molecule has 0 aliphatic rings. The van der Waals surface area contributed by atoms with Gasteiger partial charge in [-0.3, -0.25) is 15.1 Å². The molecule has 126 valence electrons. The molecule has 0 atom stereocenters. The molecule has 0 N–H and O–H groups in total. The van der Waals surface area contributed by atoms with Gasteiger partial charge in [-0.05, 0) is 23.6 Å². The Balaban J connectivity index is 2.05. The van der Waals surface area contributed by atoms with Gasteiger partial charge in [0.05, 0.1) is 23.4 Å². The summed E-state index contributed by atoms with van der Waals surface area (Å²) >= 11 is 3.06. The van der Waals surface area contributed by atoms with Crippen LogP contribution in [0.5, 0.6) is 0 Å². The van der Waals surface area contributed by atoms with Crippen molar-refractivity contribution in [2.45, 2.75) is 0 Å². The van der Waals surface area contributed by atoms with Gasteiger partial charge in [0, 0.05) is 28.0 Å². The first kappa shape index (κ1) is 17.0. The minimum Gasteiger partial charge on any atom is -0.258 e. The summed E-state index contributed by atoms with van der Waals surface area (Å²) in [6.07, 6.45) is 3.50. The van der Waals surface area contributed by atoms with E-state index < -0.39 is 4.92 Å². The maximum Gasteiger partial charge on any atom is 0.269 e. The van der Waals surface area contributed by atoms with E-state index in [1.165, 1.54) is 23.5 Å². The molecule has 3 aromatic rings. The number of nitro benzene ring substituents is 1. The Morgan fingerprint density at radius 1 is 1.24 bits per heavy atom. The quantitative estimate of drug-likeness (QED) is 0.283. The largest absolute Gasteiger partial charge is 0.269 e. The van der Waals surface area contributed by atoms with Gasteiger partial charge in [-0.2, -0.15) is 5.10 Å². The average molecular weight is 370 g/mol. The lowest BCUT2D eigenvalue weighted by Gasteiger charge is -2.03. The number of rotatable bonds is 6.